The molecule has 0 amide bonds. The minimum Gasteiger partial charge on any atom is -0.325 e. The normalized spacial score (nSPS) is 21.7. The fourth-order valence-electron chi connectivity index (χ4n) is 0.611. The summed E-state index contributed by atoms with van der Waals surface area (Å²) < 4.78 is 0. The Kier molecular flexibility index (Phi) is 1.15. The Hall–Kier alpha value is -0.300. The van der Waals surface area contributed by atoms with Crippen LogP contribution in [0.1, 0.15) is 19.8 Å². The number of hydrogen-bond acceptors (Lipinski definition) is 1. The van der Waals surface area contributed by atoms with E-state index in [9.17, 15) is 0 Å². The van der Waals surface area contributed by atoms with E-state index in [0.717, 1.165) is 0 Å². The van der Waals surface area contributed by atoms with Gasteiger partial charge in [-0.1, -0.05) is 11.6 Å². The van der Waals surface area contributed by atoms with Gasteiger partial charge in [-0.2, -0.15) is 0 Å². The van der Waals surface area contributed by atoms with Crippen LogP contribution in [0.3, 0.4) is 0 Å². The molecule has 0 aromatic rings. The van der Waals surface area contributed by atoms with Gasteiger partial charge in [0, 0.05) is 6.04 Å². The molecule has 2 N–H and O–H groups in total. The molecule has 1 heteroatoms. The number of rotatable bonds is 1. The molecule has 1 aliphatic carbocycles. The lowest BCUT2D eigenvalue weighted by Gasteiger charge is -1.89. The minimum absolute atomic E-state index is 0.275. The second kappa shape index (κ2) is 1.66. The zero-order chi connectivity index (χ0) is 5.28. The topological polar surface area (TPSA) is 26.0 Å². The molecule has 0 spiro atoms. The van der Waals surface area contributed by atoms with Gasteiger partial charge in [-0.05, 0) is 19.8 Å². The van der Waals surface area contributed by atoms with Crippen LogP contribution in [0.15, 0.2) is 11.6 Å². The van der Waals surface area contributed by atoms with E-state index in [1.807, 2.05) is 6.92 Å². The van der Waals surface area contributed by atoms with Crippen molar-refractivity contribution in [3.05, 3.63) is 11.6 Å². The predicted octanol–water partition coefficient (Wildman–Crippen LogP) is 1.05. The predicted molar refractivity (Wildman–Crippen MR) is 31.0 cm³/mol. The summed E-state index contributed by atoms with van der Waals surface area (Å²) in [5.74, 6) is 0. The van der Waals surface area contributed by atoms with E-state index >= 15 is 0 Å². The third kappa shape index (κ3) is 1.74. The molecule has 1 unspecified atom stereocenters. The second-order valence-corrected chi connectivity index (χ2v) is 2.18. The SMILES string of the molecule is CC(N)C=C1CC1. The monoisotopic (exact) mass is 97.1 g/mol. The van der Waals surface area contributed by atoms with Crippen LogP contribution >= 0.6 is 0 Å². The lowest BCUT2D eigenvalue weighted by molar-refractivity contribution is 0.922. The Morgan fingerprint density at radius 3 is 2.43 bits per heavy atom. The van der Waals surface area contributed by atoms with Crippen LogP contribution in [0.5, 0.6) is 0 Å². The smallest absolute Gasteiger partial charge is 0.0197 e. The molecule has 0 aromatic carbocycles. The molecule has 1 aliphatic rings. The van der Waals surface area contributed by atoms with Crippen LogP contribution in [-0.4, -0.2) is 6.04 Å². The lowest BCUT2D eigenvalue weighted by Crippen LogP contribution is -2.09. The van der Waals surface area contributed by atoms with E-state index in [-0.39, 0.29) is 6.04 Å². The van der Waals surface area contributed by atoms with Crippen LogP contribution < -0.4 is 5.73 Å². The quantitative estimate of drug-likeness (QED) is 0.486. The summed E-state index contributed by atoms with van der Waals surface area (Å²) in [6, 6.07) is 0.275. The standard InChI is InChI=1S/C6H11N/c1-5(7)4-6-2-3-6/h4-5H,2-3,7H2,1H3. The first kappa shape index (κ1) is 4.85. The summed E-state index contributed by atoms with van der Waals surface area (Å²) in [5, 5.41) is 0. The molecule has 0 aliphatic heterocycles. The number of nitrogens with two attached hydrogens (primary N) is 1. The van der Waals surface area contributed by atoms with E-state index in [0.29, 0.717) is 0 Å². The Balaban J connectivity index is 2.30. The largest absolute Gasteiger partial charge is 0.325 e. The molecule has 0 heterocycles. The van der Waals surface area contributed by atoms with Crippen molar-refractivity contribution in [2.75, 3.05) is 0 Å². The zero-order valence-corrected chi connectivity index (χ0v) is 4.65. The average molecular weight is 97.2 g/mol. The number of allylic oxidation sites excluding steroid dienone is 1. The van der Waals surface area contributed by atoms with Crippen molar-refractivity contribution in [2.24, 2.45) is 5.73 Å². The van der Waals surface area contributed by atoms with E-state index < -0.39 is 0 Å². The summed E-state index contributed by atoms with van der Waals surface area (Å²) in [4.78, 5) is 0. The summed E-state index contributed by atoms with van der Waals surface area (Å²) >= 11 is 0. The highest BCUT2D eigenvalue weighted by Crippen LogP contribution is 2.27. The highest BCUT2D eigenvalue weighted by atomic mass is 14.6. The second-order valence-electron chi connectivity index (χ2n) is 2.18. The van der Waals surface area contributed by atoms with Gasteiger partial charge in [-0.3, -0.25) is 0 Å². The molecular weight excluding hydrogens is 86.1 g/mol. The van der Waals surface area contributed by atoms with Crippen molar-refractivity contribution in [3.8, 4) is 0 Å². The van der Waals surface area contributed by atoms with Crippen molar-refractivity contribution in [1.29, 1.82) is 0 Å². The fourth-order valence-corrected chi connectivity index (χ4v) is 0.611. The Morgan fingerprint density at radius 1 is 1.71 bits per heavy atom. The molecular formula is C6H11N. The third-order valence-electron chi connectivity index (χ3n) is 1.04. The average Bonchev–Trinajstić information content (AvgIpc) is 2.17. The van der Waals surface area contributed by atoms with Gasteiger partial charge in [0.1, 0.15) is 0 Å². The maximum absolute atomic E-state index is 5.46. The summed E-state index contributed by atoms with van der Waals surface area (Å²) in [5.41, 5.74) is 6.99. The van der Waals surface area contributed by atoms with Crippen molar-refractivity contribution < 1.29 is 0 Å². The van der Waals surface area contributed by atoms with Gasteiger partial charge >= 0.3 is 0 Å². The zero-order valence-electron chi connectivity index (χ0n) is 4.65. The van der Waals surface area contributed by atoms with Gasteiger partial charge in [-0.15, -0.1) is 0 Å². The molecule has 1 fully saturated rings. The molecule has 0 radical (unpaired) electrons. The van der Waals surface area contributed by atoms with E-state index in [4.69, 9.17) is 5.73 Å². The number of hydrogen-bond donors (Lipinski definition) is 1. The van der Waals surface area contributed by atoms with Gasteiger partial charge in [0.15, 0.2) is 0 Å². The highest BCUT2D eigenvalue weighted by Gasteiger charge is 2.09. The summed E-state index contributed by atoms with van der Waals surface area (Å²) in [6.07, 6.45) is 4.73. The van der Waals surface area contributed by atoms with Gasteiger partial charge in [0.25, 0.3) is 0 Å². The van der Waals surface area contributed by atoms with Crippen molar-refractivity contribution in [3.63, 3.8) is 0 Å². The van der Waals surface area contributed by atoms with Crippen LogP contribution in [0.4, 0.5) is 0 Å². The van der Waals surface area contributed by atoms with Gasteiger partial charge in [-0.25, -0.2) is 0 Å². The van der Waals surface area contributed by atoms with E-state index in [2.05, 4.69) is 6.08 Å². The molecule has 1 atom stereocenters. The fraction of sp³-hybridized carbons (Fsp3) is 0.667. The van der Waals surface area contributed by atoms with Crippen molar-refractivity contribution in [1.82, 2.24) is 0 Å². The molecule has 1 saturated carbocycles. The van der Waals surface area contributed by atoms with Crippen molar-refractivity contribution >= 4 is 0 Å². The molecule has 1 nitrogen and oxygen atoms in total. The first-order valence-corrected chi connectivity index (χ1v) is 2.74. The van der Waals surface area contributed by atoms with Gasteiger partial charge in [0.05, 0.1) is 0 Å². The van der Waals surface area contributed by atoms with Crippen LogP contribution in [-0.2, 0) is 0 Å². The Bertz CT molecular complexity index is 86.4. The first-order chi connectivity index (χ1) is 3.29. The van der Waals surface area contributed by atoms with E-state index in [1.54, 1.807) is 0 Å². The van der Waals surface area contributed by atoms with E-state index in [1.165, 1.54) is 18.4 Å². The Morgan fingerprint density at radius 2 is 2.29 bits per heavy atom. The van der Waals surface area contributed by atoms with Crippen molar-refractivity contribution in [2.45, 2.75) is 25.8 Å². The van der Waals surface area contributed by atoms with Gasteiger partial charge < -0.3 is 5.73 Å². The highest BCUT2D eigenvalue weighted by molar-refractivity contribution is 5.18. The van der Waals surface area contributed by atoms with Crippen LogP contribution in [0.2, 0.25) is 0 Å². The first-order valence-electron chi connectivity index (χ1n) is 2.74. The molecule has 7 heavy (non-hydrogen) atoms. The summed E-state index contributed by atoms with van der Waals surface area (Å²) in [6.45, 7) is 2.01. The Labute approximate surface area is 44.2 Å². The minimum atomic E-state index is 0.275. The molecule has 0 aromatic heterocycles. The maximum Gasteiger partial charge on any atom is 0.0197 e. The van der Waals surface area contributed by atoms with Crippen LogP contribution in [0.25, 0.3) is 0 Å². The molecule has 40 valence electrons. The third-order valence-corrected chi connectivity index (χ3v) is 1.04. The maximum atomic E-state index is 5.46. The van der Waals surface area contributed by atoms with Crippen LogP contribution in [0, 0.1) is 0 Å². The molecule has 0 bridgehead atoms. The molecule has 0 saturated heterocycles. The lowest BCUT2D eigenvalue weighted by atomic mass is 10.3. The van der Waals surface area contributed by atoms with Gasteiger partial charge in [0.2, 0.25) is 0 Å². The summed E-state index contributed by atoms with van der Waals surface area (Å²) in [7, 11) is 0. The molecule has 1 rings (SSSR count).